The van der Waals surface area contributed by atoms with E-state index in [2.05, 4.69) is 0 Å². The van der Waals surface area contributed by atoms with E-state index in [1.54, 1.807) is 13.0 Å². The van der Waals surface area contributed by atoms with Crippen LogP contribution in [0.3, 0.4) is 0 Å². The maximum Gasteiger partial charge on any atom is 0.323 e. The Morgan fingerprint density at radius 3 is 2.79 bits per heavy atom. The number of carboxylic acids is 1. The maximum absolute atomic E-state index is 12.2. The van der Waals surface area contributed by atoms with E-state index >= 15 is 0 Å². The first kappa shape index (κ1) is 13.9. The van der Waals surface area contributed by atoms with E-state index in [1.807, 2.05) is 18.2 Å². The van der Waals surface area contributed by atoms with Crippen LogP contribution in [0.4, 0.5) is 0 Å². The van der Waals surface area contributed by atoms with Gasteiger partial charge in [-0.2, -0.15) is 0 Å². The summed E-state index contributed by atoms with van der Waals surface area (Å²) in [6, 6.07) is 7.49. The highest BCUT2D eigenvalue weighted by Gasteiger charge is 2.45. The summed E-state index contributed by atoms with van der Waals surface area (Å²) in [5.41, 5.74) is 1.05. The van der Waals surface area contributed by atoms with Gasteiger partial charge in [0.05, 0.1) is 0 Å². The maximum atomic E-state index is 12.2. The first-order valence-corrected chi connectivity index (χ1v) is 6.66. The van der Waals surface area contributed by atoms with Gasteiger partial charge in [-0.15, -0.1) is 0 Å². The van der Waals surface area contributed by atoms with Crippen LogP contribution in [0.15, 0.2) is 24.3 Å². The van der Waals surface area contributed by atoms with Crippen molar-refractivity contribution in [3.05, 3.63) is 34.9 Å². The van der Waals surface area contributed by atoms with Gasteiger partial charge in [0.15, 0.2) is 0 Å². The summed E-state index contributed by atoms with van der Waals surface area (Å²) in [7, 11) is 0. The lowest BCUT2D eigenvalue weighted by atomic mass is 10.1. The molecule has 1 aromatic carbocycles. The zero-order chi connectivity index (χ0) is 14.0. The molecule has 19 heavy (non-hydrogen) atoms. The highest BCUT2D eigenvalue weighted by atomic mass is 35.5. The van der Waals surface area contributed by atoms with Crippen LogP contribution in [0, 0.1) is 5.92 Å². The highest BCUT2D eigenvalue weighted by Crippen LogP contribution is 2.48. The fraction of sp³-hybridized carbons (Fsp3) is 0.429. The van der Waals surface area contributed by atoms with Gasteiger partial charge >= 0.3 is 5.97 Å². The van der Waals surface area contributed by atoms with Gasteiger partial charge in [0.25, 0.3) is 0 Å². The minimum Gasteiger partial charge on any atom is -0.480 e. The van der Waals surface area contributed by atoms with Crippen molar-refractivity contribution in [2.45, 2.75) is 19.3 Å². The summed E-state index contributed by atoms with van der Waals surface area (Å²) >= 11 is 5.93. The second-order valence-corrected chi connectivity index (χ2v) is 5.19. The van der Waals surface area contributed by atoms with Gasteiger partial charge in [-0.05, 0) is 37.0 Å². The number of carboxylic acid groups (broad SMARTS) is 1. The van der Waals surface area contributed by atoms with Gasteiger partial charge < -0.3 is 10.0 Å². The number of carbonyl (C=O) groups excluding carboxylic acids is 1. The largest absolute Gasteiger partial charge is 0.480 e. The van der Waals surface area contributed by atoms with Gasteiger partial charge in [-0.25, -0.2) is 0 Å². The number of halogens is 1. The lowest BCUT2D eigenvalue weighted by Crippen LogP contribution is -2.36. The monoisotopic (exact) mass is 281 g/mol. The molecule has 1 aromatic rings. The van der Waals surface area contributed by atoms with Gasteiger partial charge in [0.1, 0.15) is 6.54 Å². The number of hydrogen-bond acceptors (Lipinski definition) is 2. The molecule has 0 radical (unpaired) electrons. The molecule has 1 aliphatic rings. The molecule has 0 aromatic heterocycles. The number of hydrogen-bond donors (Lipinski definition) is 1. The van der Waals surface area contributed by atoms with Crippen molar-refractivity contribution < 1.29 is 14.7 Å². The molecule has 0 saturated heterocycles. The summed E-state index contributed by atoms with van der Waals surface area (Å²) in [5, 5.41) is 9.43. The third kappa shape index (κ3) is 3.26. The summed E-state index contributed by atoms with van der Waals surface area (Å²) in [4.78, 5) is 24.3. The van der Waals surface area contributed by atoms with E-state index < -0.39 is 5.97 Å². The molecule has 2 atom stereocenters. The normalized spacial score (nSPS) is 20.9. The Labute approximate surface area is 117 Å². The number of rotatable bonds is 5. The number of carbonyl (C=O) groups is 2. The predicted octanol–water partition coefficient (Wildman–Crippen LogP) is 2.38. The molecule has 1 fully saturated rings. The first-order valence-electron chi connectivity index (χ1n) is 6.29. The van der Waals surface area contributed by atoms with Crippen LogP contribution in [0.25, 0.3) is 0 Å². The zero-order valence-corrected chi connectivity index (χ0v) is 11.4. The fourth-order valence-corrected chi connectivity index (χ4v) is 2.52. The van der Waals surface area contributed by atoms with Crippen molar-refractivity contribution in [2.75, 3.05) is 13.1 Å². The molecule has 1 N–H and O–H groups in total. The molecule has 0 bridgehead atoms. The third-order valence-corrected chi connectivity index (χ3v) is 3.64. The van der Waals surface area contributed by atoms with E-state index in [0.717, 1.165) is 12.0 Å². The number of benzene rings is 1. The van der Waals surface area contributed by atoms with E-state index in [9.17, 15) is 9.59 Å². The van der Waals surface area contributed by atoms with E-state index in [4.69, 9.17) is 16.7 Å². The Morgan fingerprint density at radius 2 is 2.21 bits per heavy atom. The molecule has 0 aliphatic heterocycles. The average molecular weight is 282 g/mol. The molecule has 1 aliphatic carbocycles. The second-order valence-electron chi connectivity index (χ2n) is 4.75. The molecular formula is C14H16ClNO3. The van der Waals surface area contributed by atoms with Crippen LogP contribution in [-0.4, -0.2) is 35.0 Å². The third-order valence-electron chi connectivity index (χ3n) is 3.40. The SMILES string of the molecule is CCN(CC(=O)O)C(=O)[C@@H]1C[C@@H]1c1cccc(Cl)c1. The summed E-state index contributed by atoms with van der Waals surface area (Å²) in [5.74, 6) is -0.975. The first-order chi connectivity index (χ1) is 9.02. The standard InChI is InChI=1S/C14H16ClNO3/c1-2-16(8-13(17)18)14(19)12-7-11(12)9-4-3-5-10(15)6-9/h3-6,11-12H,2,7-8H2,1H3,(H,17,18)/t11-,12-/m1/s1. The number of aliphatic carboxylic acids is 1. The minimum atomic E-state index is -0.977. The number of nitrogens with zero attached hydrogens (tertiary/aromatic N) is 1. The van der Waals surface area contributed by atoms with E-state index in [0.29, 0.717) is 11.6 Å². The molecule has 1 amide bonds. The van der Waals surface area contributed by atoms with Gasteiger partial charge in [0.2, 0.25) is 5.91 Å². The Morgan fingerprint density at radius 1 is 1.47 bits per heavy atom. The van der Waals surface area contributed by atoms with E-state index in [1.165, 1.54) is 4.90 Å². The topological polar surface area (TPSA) is 57.6 Å². The molecular weight excluding hydrogens is 266 g/mol. The van der Waals surface area contributed by atoms with Crippen molar-refractivity contribution in [1.82, 2.24) is 4.90 Å². The van der Waals surface area contributed by atoms with Gasteiger partial charge in [0, 0.05) is 17.5 Å². The smallest absolute Gasteiger partial charge is 0.323 e. The highest BCUT2D eigenvalue weighted by molar-refractivity contribution is 6.30. The van der Waals surface area contributed by atoms with Crippen molar-refractivity contribution in [2.24, 2.45) is 5.92 Å². The Kier molecular flexibility index (Phi) is 4.10. The lowest BCUT2D eigenvalue weighted by molar-refractivity contribution is -0.144. The Hall–Kier alpha value is -1.55. The molecule has 0 heterocycles. The molecule has 1 saturated carbocycles. The van der Waals surface area contributed by atoms with E-state index in [-0.39, 0.29) is 24.3 Å². The van der Waals surface area contributed by atoms with Crippen molar-refractivity contribution in [3.63, 3.8) is 0 Å². The molecule has 2 rings (SSSR count). The zero-order valence-electron chi connectivity index (χ0n) is 10.7. The summed E-state index contributed by atoms with van der Waals surface area (Å²) in [6.45, 7) is 1.98. The quantitative estimate of drug-likeness (QED) is 0.901. The predicted molar refractivity (Wildman–Crippen MR) is 72.2 cm³/mol. The summed E-state index contributed by atoms with van der Waals surface area (Å²) < 4.78 is 0. The molecule has 0 spiro atoms. The van der Waals surface area contributed by atoms with Crippen LogP contribution in [0.5, 0.6) is 0 Å². The summed E-state index contributed by atoms with van der Waals surface area (Å²) in [6.07, 6.45) is 0.773. The van der Waals surface area contributed by atoms with Crippen molar-refractivity contribution >= 4 is 23.5 Å². The van der Waals surface area contributed by atoms with Gasteiger partial charge in [-0.1, -0.05) is 23.7 Å². The van der Waals surface area contributed by atoms with Crippen LogP contribution in [0.1, 0.15) is 24.8 Å². The van der Waals surface area contributed by atoms with Crippen molar-refractivity contribution in [1.29, 1.82) is 0 Å². The minimum absolute atomic E-state index is 0.0742. The Balaban J connectivity index is 2.02. The molecule has 4 nitrogen and oxygen atoms in total. The van der Waals surface area contributed by atoms with Crippen LogP contribution >= 0.6 is 11.6 Å². The molecule has 102 valence electrons. The van der Waals surface area contributed by atoms with Crippen molar-refractivity contribution in [3.8, 4) is 0 Å². The lowest BCUT2D eigenvalue weighted by Gasteiger charge is -2.18. The average Bonchev–Trinajstić information content (AvgIpc) is 3.15. The molecule has 5 heteroatoms. The number of likely N-dealkylation sites (N-methyl/N-ethyl adjacent to an activating group) is 1. The van der Waals surface area contributed by atoms with Crippen LogP contribution < -0.4 is 0 Å². The second kappa shape index (κ2) is 5.61. The fourth-order valence-electron chi connectivity index (χ4n) is 2.32. The van der Waals surface area contributed by atoms with Crippen LogP contribution in [-0.2, 0) is 9.59 Å². The van der Waals surface area contributed by atoms with Crippen LogP contribution in [0.2, 0.25) is 5.02 Å². The Bertz CT molecular complexity index is 503. The molecule has 0 unspecified atom stereocenters. The number of amides is 1. The van der Waals surface area contributed by atoms with Gasteiger partial charge in [-0.3, -0.25) is 9.59 Å².